The first-order valence-corrected chi connectivity index (χ1v) is 10.6. The van der Waals surface area contributed by atoms with Gasteiger partial charge >= 0.3 is 0 Å². The van der Waals surface area contributed by atoms with Crippen LogP contribution in [0.25, 0.3) is 11.5 Å². The molecular weight excluding hydrogens is 419 g/mol. The number of aldehydes is 1. The van der Waals surface area contributed by atoms with Gasteiger partial charge in [0, 0.05) is 17.7 Å². The second kappa shape index (κ2) is 10.6. The Hall–Kier alpha value is -2.57. The largest absolute Gasteiger partial charge is 0.508 e. The van der Waals surface area contributed by atoms with Gasteiger partial charge in [0.2, 0.25) is 0 Å². The molecule has 0 aromatic heterocycles. The Morgan fingerprint density at radius 3 is 2.71 bits per heavy atom. The van der Waals surface area contributed by atoms with Gasteiger partial charge in [0.25, 0.3) is 0 Å². The predicted molar refractivity (Wildman–Crippen MR) is 121 cm³/mol. The van der Waals surface area contributed by atoms with Crippen LogP contribution in [0.2, 0.25) is 0 Å². The molecule has 4 rings (SSSR count). The first kappa shape index (κ1) is 23.1. The third-order valence-electron chi connectivity index (χ3n) is 5.70. The van der Waals surface area contributed by atoms with Gasteiger partial charge in [-0.25, -0.2) is 4.39 Å². The second-order valence-corrected chi connectivity index (χ2v) is 7.85. The Balaban J connectivity index is 0.00000272. The molecule has 2 aromatic carbocycles. The van der Waals surface area contributed by atoms with E-state index in [4.69, 9.17) is 4.74 Å². The SMILES string of the molecule is Cl.O=CC1NC(c2cccc(O)c2)=C(OCCCN2CCCCC2)c2ccc(F)cc21. The molecule has 166 valence electrons. The van der Waals surface area contributed by atoms with Gasteiger partial charge in [-0.05, 0) is 68.2 Å². The Morgan fingerprint density at radius 2 is 1.97 bits per heavy atom. The predicted octanol–water partition coefficient (Wildman–Crippen LogP) is 4.51. The van der Waals surface area contributed by atoms with Gasteiger partial charge in [0.1, 0.15) is 23.9 Å². The highest BCUT2D eigenvalue weighted by Gasteiger charge is 2.28. The van der Waals surface area contributed by atoms with Gasteiger partial charge in [0.15, 0.2) is 5.76 Å². The fraction of sp³-hybridized carbons (Fsp3) is 0.375. The van der Waals surface area contributed by atoms with Gasteiger partial charge in [-0.15, -0.1) is 12.4 Å². The van der Waals surface area contributed by atoms with Crippen molar-refractivity contribution in [1.29, 1.82) is 0 Å². The maximum Gasteiger partial charge on any atom is 0.150 e. The number of ether oxygens (including phenoxy) is 1. The van der Waals surface area contributed by atoms with E-state index in [-0.39, 0.29) is 18.2 Å². The summed E-state index contributed by atoms with van der Waals surface area (Å²) in [5, 5.41) is 13.1. The zero-order valence-corrected chi connectivity index (χ0v) is 18.2. The molecule has 0 amide bonds. The van der Waals surface area contributed by atoms with Crippen molar-refractivity contribution in [1.82, 2.24) is 10.2 Å². The third-order valence-corrected chi connectivity index (χ3v) is 5.70. The highest BCUT2D eigenvalue weighted by atomic mass is 35.5. The Bertz CT molecular complexity index is 944. The average molecular weight is 447 g/mol. The van der Waals surface area contributed by atoms with Crippen LogP contribution in [0.4, 0.5) is 4.39 Å². The molecule has 1 atom stereocenters. The third kappa shape index (κ3) is 5.38. The molecule has 0 bridgehead atoms. The number of benzene rings is 2. The number of fused-ring (bicyclic) bond motifs is 1. The normalized spacial score (nSPS) is 18.5. The van der Waals surface area contributed by atoms with Crippen molar-refractivity contribution in [3.8, 4) is 5.75 Å². The van der Waals surface area contributed by atoms with E-state index in [9.17, 15) is 14.3 Å². The van der Waals surface area contributed by atoms with E-state index in [2.05, 4.69) is 10.2 Å². The van der Waals surface area contributed by atoms with Crippen molar-refractivity contribution in [2.45, 2.75) is 31.7 Å². The lowest BCUT2D eigenvalue weighted by Gasteiger charge is -2.30. The van der Waals surface area contributed by atoms with Crippen molar-refractivity contribution in [3.05, 3.63) is 65.0 Å². The van der Waals surface area contributed by atoms with E-state index in [1.807, 2.05) is 6.07 Å². The minimum atomic E-state index is -0.686. The Morgan fingerprint density at radius 1 is 1.16 bits per heavy atom. The Labute approximate surface area is 188 Å². The number of aromatic hydroxyl groups is 1. The average Bonchev–Trinajstić information content (AvgIpc) is 2.77. The molecular formula is C24H28ClFN2O3. The highest BCUT2D eigenvalue weighted by Crippen LogP contribution is 2.37. The number of nitrogens with zero attached hydrogens (tertiary/aromatic N) is 1. The van der Waals surface area contributed by atoms with Crippen molar-refractivity contribution >= 4 is 30.1 Å². The minimum Gasteiger partial charge on any atom is -0.508 e. The number of likely N-dealkylation sites (tertiary alicyclic amines) is 1. The van der Waals surface area contributed by atoms with Crippen molar-refractivity contribution in [3.63, 3.8) is 0 Å². The van der Waals surface area contributed by atoms with Crippen LogP contribution in [0, 0.1) is 5.82 Å². The summed E-state index contributed by atoms with van der Waals surface area (Å²) in [5.41, 5.74) is 2.59. The topological polar surface area (TPSA) is 61.8 Å². The van der Waals surface area contributed by atoms with Crippen LogP contribution in [-0.2, 0) is 9.53 Å². The van der Waals surface area contributed by atoms with Crippen LogP contribution < -0.4 is 5.32 Å². The molecule has 5 nitrogen and oxygen atoms in total. The summed E-state index contributed by atoms with van der Waals surface area (Å²) in [4.78, 5) is 14.2. The number of phenolic OH excluding ortho intramolecular Hbond substituents is 1. The van der Waals surface area contributed by atoms with Crippen LogP contribution in [0.1, 0.15) is 48.4 Å². The number of phenols is 1. The Kier molecular flexibility index (Phi) is 7.93. The molecule has 0 aliphatic carbocycles. The maximum absolute atomic E-state index is 13.9. The van der Waals surface area contributed by atoms with Crippen LogP contribution in [0.5, 0.6) is 5.75 Å². The number of rotatable bonds is 7. The van der Waals surface area contributed by atoms with Gasteiger partial charge in [-0.1, -0.05) is 18.6 Å². The van der Waals surface area contributed by atoms with E-state index in [1.165, 1.54) is 31.4 Å². The fourth-order valence-electron chi connectivity index (χ4n) is 4.21. The number of nitrogens with one attached hydrogen (secondary N) is 1. The van der Waals surface area contributed by atoms with Crippen LogP contribution in [0.3, 0.4) is 0 Å². The molecule has 1 fully saturated rings. The summed E-state index contributed by atoms with van der Waals surface area (Å²) in [6.07, 6.45) is 5.45. The van der Waals surface area contributed by atoms with Crippen LogP contribution >= 0.6 is 12.4 Å². The van der Waals surface area contributed by atoms with E-state index in [0.29, 0.717) is 34.8 Å². The molecule has 0 radical (unpaired) electrons. The summed E-state index contributed by atoms with van der Waals surface area (Å²) < 4.78 is 20.1. The summed E-state index contributed by atoms with van der Waals surface area (Å²) in [6.45, 7) is 3.78. The van der Waals surface area contributed by atoms with Gasteiger partial charge in [-0.2, -0.15) is 0 Å². The maximum atomic E-state index is 13.9. The number of carbonyl (C=O) groups excluding carboxylic acids is 1. The lowest BCUT2D eigenvalue weighted by molar-refractivity contribution is -0.109. The lowest BCUT2D eigenvalue weighted by Crippen LogP contribution is -2.31. The van der Waals surface area contributed by atoms with E-state index in [0.717, 1.165) is 32.3 Å². The molecule has 2 aliphatic rings. The molecule has 0 saturated carbocycles. The smallest absolute Gasteiger partial charge is 0.150 e. The van der Waals surface area contributed by atoms with Gasteiger partial charge < -0.3 is 24.9 Å². The molecule has 1 unspecified atom stereocenters. The molecule has 7 heteroatoms. The van der Waals surface area contributed by atoms with Gasteiger partial charge in [-0.3, -0.25) is 0 Å². The highest BCUT2D eigenvalue weighted by molar-refractivity contribution is 5.92. The summed E-state index contributed by atoms with van der Waals surface area (Å²) in [7, 11) is 0. The molecule has 1 saturated heterocycles. The number of hydrogen-bond acceptors (Lipinski definition) is 5. The number of halogens is 2. The number of hydrogen-bond donors (Lipinski definition) is 2. The first-order valence-electron chi connectivity index (χ1n) is 10.6. The molecule has 31 heavy (non-hydrogen) atoms. The number of carbonyl (C=O) groups is 1. The summed E-state index contributed by atoms with van der Waals surface area (Å²) >= 11 is 0. The molecule has 2 heterocycles. The first-order chi connectivity index (χ1) is 14.7. The summed E-state index contributed by atoms with van der Waals surface area (Å²) in [6, 6.07) is 10.5. The zero-order chi connectivity index (χ0) is 20.9. The van der Waals surface area contributed by atoms with Crippen LogP contribution in [0.15, 0.2) is 42.5 Å². The molecule has 2 aliphatic heterocycles. The summed E-state index contributed by atoms with van der Waals surface area (Å²) in [5.74, 6) is 0.304. The minimum absolute atomic E-state index is 0. The monoisotopic (exact) mass is 446 g/mol. The van der Waals surface area contributed by atoms with Crippen molar-refractivity contribution < 1.29 is 19.0 Å². The number of piperidine rings is 1. The molecule has 2 aromatic rings. The van der Waals surface area contributed by atoms with E-state index in [1.54, 1.807) is 24.3 Å². The quantitative estimate of drug-likeness (QED) is 0.484. The van der Waals surface area contributed by atoms with Crippen molar-refractivity contribution in [2.24, 2.45) is 0 Å². The van der Waals surface area contributed by atoms with Crippen molar-refractivity contribution in [2.75, 3.05) is 26.2 Å². The van der Waals surface area contributed by atoms with Gasteiger partial charge in [0.05, 0.1) is 12.3 Å². The van der Waals surface area contributed by atoms with E-state index >= 15 is 0 Å². The van der Waals surface area contributed by atoms with E-state index < -0.39 is 11.9 Å². The molecule has 0 spiro atoms. The second-order valence-electron chi connectivity index (χ2n) is 7.85. The zero-order valence-electron chi connectivity index (χ0n) is 17.4. The molecule has 2 N–H and O–H groups in total. The fourth-order valence-corrected chi connectivity index (χ4v) is 4.21. The standard InChI is InChI=1S/C24H27FN2O3.ClH/c25-18-8-9-20-21(15-18)22(16-28)26-23(17-6-4-7-19(29)14-17)24(20)30-13-5-12-27-10-2-1-3-11-27;/h4,6-9,14-16,22,26,29H,1-3,5,10-13H2;1H. The van der Waals surface area contributed by atoms with Crippen LogP contribution in [-0.4, -0.2) is 42.5 Å². The lowest BCUT2D eigenvalue weighted by atomic mass is 9.92.